The molecule has 1 heterocycles. The summed E-state index contributed by atoms with van der Waals surface area (Å²) < 4.78 is 5.39. The quantitative estimate of drug-likeness (QED) is 0.563. The summed E-state index contributed by atoms with van der Waals surface area (Å²) in [7, 11) is 0. The molecule has 5 nitrogen and oxygen atoms in total. The molecule has 120 valence electrons. The first-order chi connectivity index (χ1) is 11.6. The van der Waals surface area contributed by atoms with Crippen LogP contribution in [-0.2, 0) is 0 Å². The summed E-state index contributed by atoms with van der Waals surface area (Å²) in [6, 6.07) is 15.5. The van der Waals surface area contributed by atoms with Crippen molar-refractivity contribution in [2.24, 2.45) is 0 Å². The van der Waals surface area contributed by atoms with Crippen LogP contribution in [0.4, 0.5) is 11.5 Å². The van der Waals surface area contributed by atoms with Crippen LogP contribution >= 0.6 is 11.6 Å². The van der Waals surface area contributed by atoms with Crippen LogP contribution < -0.4 is 10.1 Å². The number of hydrogen-bond donors (Lipinski definition) is 1. The second kappa shape index (κ2) is 7.10. The smallest absolute Gasteiger partial charge is 0.343 e. The summed E-state index contributed by atoms with van der Waals surface area (Å²) in [5.41, 5.74) is 2.05. The van der Waals surface area contributed by atoms with E-state index in [9.17, 15) is 4.79 Å². The molecule has 0 aliphatic rings. The SMILES string of the molecule is Cc1cc(Nc2cccc(OC(=O)c3ccc(Cl)cc3)c2)ncn1. The maximum atomic E-state index is 12.1. The number of benzene rings is 2. The van der Waals surface area contributed by atoms with E-state index in [2.05, 4.69) is 15.3 Å². The first kappa shape index (κ1) is 16.0. The van der Waals surface area contributed by atoms with Gasteiger partial charge in [-0.1, -0.05) is 17.7 Å². The molecular formula is C18H14ClN3O2. The van der Waals surface area contributed by atoms with Crippen LogP contribution in [-0.4, -0.2) is 15.9 Å². The van der Waals surface area contributed by atoms with Gasteiger partial charge in [-0.3, -0.25) is 0 Å². The summed E-state index contributed by atoms with van der Waals surface area (Å²) in [6.45, 7) is 1.89. The molecule has 0 bridgehead atoms. The number of aryl methyl sites for hydroxylation is 1. The van der Waals surface area contributed by atoms with Gasteiger partial charge >= 0.3 is 5.97 Å². The first-order valence-corrected chi connectivity index (χ1v) is 7.61. The molecule has 0 aliphatic heterocycles. The van der Waals surface area contributed by atoms with Crippen molar-refractivity contribution in [1.29, 1.82) is 0 Å². The molecular weight excluding hydrogens is 326 g/mol. The summed E-state index contributed by atoms with van der Waals surface area (Å²) in [5.74, 6) is 0.663. The third kappa shape index (κ3) is 4.08. The normalized spacial score (nSPS) is 10.2. The highest BCUT2D eigenvalue weighted by Gasteiger charge is 2.09. The first-order valence-electron chi connectivity index (χ1n) is 7.24. The van der Waals surface area contributed by atoms with Crippen LogP contribution in [0.5, 0.6) is 5.75 Å². The molecule has 0 atom stereocenters. The molecule has 3 aromatic rings. The number of carbonyl (C=O) groups is 1. The molecule has 0 saturated heterocycles. The standard InChI is InChI=1S/C18H14ClN3O2/c1-12-9-17(21-11-20-12)22-15-3-2-4-16(10-15)24-18(23)13-5-7-14(19)8-6-13/h2-11H,1H3,(H,20,21,22). The number of anilines is 2. The van der Waals surface area contributed by atoms with E-state index >= 15 is 0 Å². The van der Waals surface area contributed by atoms with Crippen molar-refractivity contribution >= 4 is 29.1 Å². The van der Waals surface area contributed by atoms with Crippen LogP contribution in [0.1, 0.15) is 16.1 Å². The summed E-state index contributed by atoms with van der Waals surface area (Å²) >= 11 is 5.81. The van der Waals surface area contributed by atoms with E-state index < -0.39 is 5.97 Å². The van der Waals surface area contributed by atoms with Crippen LogP contribution in [0.25, 0.3) is 0 Å². The fourth-order valence-corrected chi connectivity index (χ4v) is 2.19. The molecule has 6 heteroatoms. The molecule has 1 aromatic heterocycles. The number of aromatic nitrogens is 2. The molecule has 0 amide bonds. The molecule has 0 radical (unpaired) electrons. The van der Waals surface area contributed by atoms with Crippen LogP contribution in [0.3, 0.4) is 0 Å². The van der Waals surface area contributed by atoms with Crippen molar-refractivity contribution < 1.29 is 9.53 Å². The molecule has 0 aliphatic carbocycles. The van der Waals surface area contributed by atoms with Gasteiger partial charge in [0.05, 0.1) is 5.56 Å². The van der Waals surface area contributed by atoms with Crippen molar-refractivity contribution in [1.82, 2.24) is 9.97 Å². The Balaban J connectivity index is 1.73. The second-order valence-corrected chi connectivity index (χ2v) is 5.53. The molecule has 24 heavy (non-hydrogen) atoms. The average Bonchev–Trinajstić information content (AvgIpc) is 2.56. The van der Waals surface area contributed by atoms with Gasteiger partial charge in [-0.05, 0) is 43.3 Å². The van der Waals surface area contributed by atoms with Gasteiger partial charge in [0, 0.05) is 28.5 Å². The number of rotatable bonds is 4. The number of halogens is 1. The van der Waals surface area contributed by atoms with Crippen molar-refractivity contribution in [3.05, 3.63) is 77.2 Å². The molecule has 0 saturated carbocycles. The molecule has 2 aromatic carbocycles. The third-order valence-corrected chi connectivity index (χ3v) is 3.45. The Bertz CT molecular complexity index is 866. The van der Waals surface area contributed by atoms with Crippen molar-refractivity contribution in [2.45, 2.75) is 6.92 Å². The van der Waals surface area contributed by atoms with Gasteiger partial charge < -0.3 is 10.1 Å². The minimum absolute atomic E-state index is 0.434. The van der Waals surface area contributed by atoms with Crippen molar-refractivity contribution in [3.8, 4) is 5.75 Å². The van der Waals surface area contributed by atoms with Gasteiger partial charge in [-0.15, -0.1) is 0 Å². The number of esters is 1. The van der Waals surface area contributed by atoms with Gasteiger partial charge in [0.2, 0.25) is 0 Å². The molecule has 3 rings (SSSR count). The lowest BCUT2D eigenvalue weighted by atomic mass is 10.2. The zero-order valence-electron chi connectivity index (χ0n) is 12.9. The predicted octanol–water partition coefficient (Wildman–Crippen LogP) is 4.40. The number of nitrogens with zero attached hydrogens (tertiary/aromatic N) is 2. The minimum atomic E-state index is -0.443. The average molecular weight is 340 g/mol. The van der Waals surface area contributed by atoms with E-state index in [1.165, 1.54) is 6.33 Å². The fourth-order valence-electron chi connectivity index (χ4n) is 2.06. The van der Waals surface area contributed by atoms with Gasteiger partial charge in [-0.2, -0.15) is 0 Å². The maximum Gasteiger partial charge on any atom is 0.343 e. The van der Waals surface area contributed by atoms with Gasteiger partial charge in [0.25, 0.3) is 0 Å². The van der Waals surface area contributed by atoms with E-state index in [0.717, 1.165) is 11.4 Å². The highest BCUT2D eigenvalue weighted by molar-refractivity contribution is 6.30. The number of nitrogens with one attached hydrogen (secondary N) is 1. The zero-order valence-corrected chi connectivity index (χ0v) is 13.6. The highest BCUT2D eigenvalue weighted by Crippen LogP contribution is 2.21. The lowest BCUT2D eigenvalue weighted by Gasteiger charge is -2.08. The zero-order chi connectivity index (χ0) is 16.9. The lowest BCUT2D eigenvalue weighted by molar-refractivity contribution is 0.0735. The Morgan fingerprint density at radius 3 is 2.62 bits per heavy atom. The van der Waals surface area contributed by atoms with Crippen LogP contribution in [0.2, 0.25) is 5.02 Å². The second-order valence-electron chi connectivity index (χ2n) is 5.09. The van der Waals surface area contributed by atoms with E-state index in [1.54, 1.807) is 42.5 Å². The number of carbonyl (C=O) groups excluding carboxylic acids is 1. The van der Waals surface area contributed by atoms with Gasteiger partial charge in [-0.25, -0.2) is 14.8 Å². The van der Waals surface area contributed by atoms with E-state index in [4.69, 9.17) is 16.3 Å². The van der Waals surface area contributed by atoms with Crippen molar-refractivity contribution in [3.63, 3.8) is 0 Å². The molecule has 1 N–H and O–H groups in total. The van der Waals surface area contributed by atoms with Crippen molar-refractivity contribution in [2.75, 3.05) is 5.32 Å². The minimum Gasteiger partial charge on any atom is -0.423 e. The lowest BCUT2D eigenvalue weighted by Crippen LogP contribution is -2.08. The topological polar surface area (TPSA) is 64.1 Å². The van der Waals surface area contributed by atoms with Crippen LogP contribution in [0, 0.1) is 6.92 Å². The van der Waals surface area contributed by atoms with E-state index in [-0.39, 0.29) is 0 Å². The van der Waals surface area contributed by atoms with Crippen LogP contribution in [0.15, 0.2) is 60.9 Å². The van der Waals surface area contributed by atoms with E-state index in [1.807, 2.05) is 19.1 Å². The summed E-state index contributed by atoms with van der Waals surface area (Å²) in [6.07, 6.45) is 1.49. The maximum absolute atomic E-state index is 12.1. The monoisotopic (exact) mass is 339 g/mol. The molecule has 0 spiro atoms. The summed E-state index contributed by atoms with van der Waals surface area (Å²) in [5, 5.41) is 3.71. The van der Waals surface area contributed by atoms with E-state index in [0.29, 0.717) is 22.2 Å². The number of ether oxygens (including phenoxy) is 1. The molecule has 0 unspecified atom stereocenters. The predicted molar refractivity (Wildman–Crippen MR) is 92.9 cm³/mol. The Hall–Kier alpha value is -2.92. The van der Waals surface area contributed by atoms with Gasteiger partial charge in [0.15, 0.2) is 0 Å². The largest absolute Gasteiger partial charge is 0.423 e. The Kier molecular flexibility index (Phi) is 4.72. The fraction of sp³-hybridized carbons (Fsp3) is 0.0556. The Labute approximate surface area is 144 Å². The molecule has 0 fully saturated rings. The van der Waals surface area contributed by atoms with Gasteiger partial charge in [0.1, 0.15) is 17.9 Å². The Morgan fingerprint density at radius 1 is 1.08 bits per heavy atom. The third-order valence-electron chi connectivity index (χ3n) is 3.20. The highest BCUT2D eigenvalue weighted by atomic mass is 35.5. The Morgan fingerprint density at radius 2 is 1.88 bits per heavy atom. The number of hydrogen-bond acceptors (Lipinski definition) is 5. The summed E-state index contributed by atoms with van der Waals surface area (Å²) in [4.78, 5) is 20.3.